The van der Waals surface area contributed by atoms with Crippen LogP contribution in [-0.2, 0) is 0 Å². The van der Waals surface area contributed by atoms with Crippen LogP contribution in [0.1, 0.15) is 35.0 Å². The van der Waals surface area contributed by atoms with Gasteiger partial charge in [0.15, 0.2) is 0 Å². The Morgan fingerprint density at radius 2 is 1.83 bits per heavy atom. The van der Waals surface area contributed by atoms with E-state index in [0.29, 0.717) is 46.9 Å². The lowest BCUT2D eigenvalue weighted by Gasteiger charge is -2.31. The number of halogens is 1. The van der Waals surface area contributed by atoms with Crippen molar-refractivity contribution in [1.29, 1.82) is 0 Å². The summed E-state index contributed by atoms with van der Waals surface area (Å²) in [5.41, 5.74) is 1.36. The number of benzene rings is 2. The number of rotatable bonds is 5. The van der Waals surface area contributed by atoms with Gasteiger partial charge in [-0.3, -0.25) is 4.79 Å². The van der Waals surface area contributed by atoms with Crippen molar-refractivity contribution in [1.82, 2.24) is 15.0 Å². The molecule has 0 saturated carbocycles. The van der Waals surface area contributed by atoms with E-state index in [4.69, 9.17) is 25.6 Å². The molecule has 1 amide bonds. The first kappa shape index (κ1) is 20.2. The molecule has 1 fully saturated rings. The van der Waals surface area contributed by atoms with Crippen LogP contribution >= 0.6 is 11.6 Å². The van der Waals surface area contributed by atoms with E-state index in [1.54, 1.807) is 44.6 Å². The van der Waals surface area contributed by atoms with Crippen LogP contribution in [0.3, 0.4) is 0 Å². The maximum absolute atomic E-state index is 13.1. The number of piperidine rings is 1. The van der Waals surface area contributed by atoms with Crippen LogP contribution < -0.4 is 9.47 Å². The number of amides is 1. The van der Waals surface area contributed by atoms with Crippen molar-refractivity contribution < 1.29 is 18.8 Å². The van der Waals surface area contributed by atoms with Crippen LogP contribution in [0, 0.1) is 0 Å². The monoisotopic (exact) mass is 427 g/mol. The van der Waals surface area contributed by atoms with Gasteiger partial charge in [-0.15, -0.1) is 0 Å². The predicted molar refractivity (Wildman–Crippen MR) is 112 cm³/mol. The molecule has 0 spiro atoms. The Morgan fingerprint density at radius 3 is 2.50 bits per heavy atom. The second-order valence-corrected chi connectivity index (χ2v) is 7.59. The summed E-state index contributed by atoms with van der Waals surface area (Å²) in [6.07, 6.45) is 1.74. The van der Waals surface area contributed by atoms with E-state index in [0.717, 1.165) is 18.4 Å². The first-order valence-corrected chi connectivity index (χ1v) is 10.1. The summed E-state index contributed by atoms with van der Waals surface area (Å²) < 4.78 is 16.1. The Hall–Kier alpha value is -3.06. The minimum atomic E-state index is -0.0747. The molecule has 1 saturated heterocycles. The summed E-state index contributed by atoms with van der Waals surface area (Å²) in [7, 11) is 3.13. The van der Waals surface area contributed by atoms with Gasteiger partial charge in [0.25, 0.3) is 5.91 Å². The normalized spacial score (nSPS) is 16.4. The molecule has 1 aliphatic rings. The Bertz CT molecular complexity index is 1010. The fourth-order valence-corrected chi connectivity index (χ4v) is 3.72. The Labute approximate surface area is 179 Å². The van der Waals surface area contributed by atoms with Crippen molar-refractivity contribution >= 4 is 17.5 Å². The van der Waals surface area contributed by atoms with Gasteiger partial charge in [-0.05, 0) is 49.2 Å². The summed E-state index contributed by atoms with van der Waals surface area (Å²) in [6.45, 7) is 1.19. The number of likely N-dealkylation sites (tertiary alicyclic amines) is 1. The molecule has 0 bridgehead atoms. The largest absolute Gasteiger partial charge is 0.497 e. The zero-order valence-electron chi connectivity index (χ0n) is 16.8. The molecule has 0 aliphatic carbocycles. The Morgan fingerprint density at radius 1 is 1.13 bits per heavy atom. The lowest BCUT2D eigenvalue weighted by molar-refractivity contribution is 0.0695. The highest BCUT2D eigenvalue weighted by atomic mass is 35.5. The molecule has 8 heteroatoms. The molecule has 7 nitrogen and oxygen atoms in total. The van der Waals surface area contributed by atoms with Gasteiger partial charge in [-0.25, -0.2) is 0 Å². The van der Waals surface area contributed by atoms with Gasteiger partial charge in [0.05, 0.1) is 20.1 Å². The van der Waals surface area contributed by atoms with Crippen molar-refractivity contribution in [2.45, 2.75) is 18.8 Å². The number of ether oxygens (including phenoxy) is 2. The zero-order valence-corrected chi connectivity index (χ0v) is 17.6. The van der Waals surface area contributed by atoms with Gasteiger partial charge in [-0.2, -0.15) is 4.98 Å². The van der Waals surface area contributed by atoms with E-state index in [2.05, 4.69) is 10.1 Å². The summed E-state index contributed by atoms with van der Waals surface area (Å²) in [6, 6.07) is 12.5. The first-order chi connectivity index (χ1) is 14.6. The number of aromatic nitrogens is 2. The second-order valence-electron chi connectivity index (χ2n) is 7.15. The third-order valence-electron chi connectivity index (χ3n) is 5.20. The number of methoxy groups -OCH3 is 2. The van der Waals surface area contributed by atoms with Crippen molar-refractivity contribution in [3.05, 3.63) is 58.9 Å². The van der Waals surface area contributed by atoms with Gasteiger partial charge in [-0.1, -0.05) is 16.8 Å². The van der Waals surface area contributed by atoms with Gasteiger partial charge in [0, 0.05) is 35.3 Å². The number of carbonyl (C=O) groups excluding carboxylic acids is 1. The lowest BCUT2D eigenvalue weighted by Crippen LogP contribution is -2.39. The van der Waals surface area contributed by atoms with Crippen LogP contribution in [0.4, 0.5) is 0 Å². The zero-order chi connectivity index (χ0) is 21.1. The molecule has 1 aromatic heterocycles. The number of carbonyl (C=O) groups is 1. The van der Waals surface area contributed by atoms with Crippen LogP contribution in [-0.4, -0.2) is 48.3 Å². The Kier molecular flexibility index (Phi) is 5.90. The molecule has 156 valence electrons. The van der Waals surface area contributed by atoms with E-state index in [1.807, 2.05) is 17.0 Å². The number of hydrogen-bond donors (Lipinski definition) is 0. The van der Waals surface area contributed by atoms with Crippen molar-refractivity contribution in [2.75, 3.05) is 27.3 Å². The molecule has 0 unspecified atom stereocenters. The average Bonchev–Trinajstić information content (AvgIpc) is 3.29. The highest BCUT2D eigenvalue weighted by Crippen LogP contribution is 2.30. The van der Waals surface area contributed by atoms with Gasteiger partial charge < -0.3 is 18.9 Å². The maximum Gasteiger partial charge on any atom is 0.254 e. The summed E-state index contributed by atoms with van der Waals surface area (Å²) in [5, 5.41) is 4.75. The molecule has 30 heavy (non-hydrogen) atoms. The SMILES string of the molecule is COc1cc(OC)cc(C(=O)N2CCC[C@H](c3nc(-c4ccc(Cl)cc4)no3)C2)c1. The first-order valence-electron chi connectivity index (χ1n) is 9.69. The molecule has 0 N–H and O–H groups in total. The van der Waals surface area contributed by atoms with Crippen molar-refractivity contribution in [3.8, 4) is 22.9 Å². The number of nitrogens with zero attached hydrogens (tertiary/aromatic N) is 3. The van der Waals surface area contributed by atoms with Crippen LogP contribution in [0.5, 0.6) is 11.5 Å². The molecule has 1 atom stereocenters. The Balaban J connectivity index is 1.51. The standard InChI is InChI=1S/C22H22ClN3O4/c1-28-18-10-16(11-19(12-18)29-2)22(27)26-9-3-4-15(13-26)21-24-20(25-30-21)14-5-7-17(23)8-6-14/h5-8,10-12,15H,3-4,9,13H2,1-2H3/t15-/m0/s1. The van der Waals surface area contributed by atoms with Crippen molar-refractivity contribution in [3.63, 3.8) is 0 Å². The molecular formula is C22H22ClN3O4. The van der Waals surface area contributed by atoms with Crippen LogP contribution in [0.25, 0.3) is 11.4 Å². The van der Waals surface area contributed by atoms with E-state index in [1.165, 1.54) is 0 Å². The maximum atomic E-state index is 13.1. The highest BCUT2D eigenvalue weighted by Gasteiger charge is 2.29. The quantitative estimate of drug-likeness (QED) is 0.599. The van der Waals surface area contributed by atoms with E-state index in [9.17, 15) is 4.79 Å². The topological polar surface area (TPSA) is 77.7 Å². The van der Waals surface area contributed by atoms with Gasteiger partial charge >= 0.3 is 0 Å². The predicted octanol–water partition coefficient (Wildman–Crippen LogP) is 4.43. The molecule has 4 rings (SSSR count). The average molecular weight is 428 g/mol. The molecular weight excluding hydrogens is 406 g/mol. The molecule has 1 aliphatic heterocycles. The molecule has 2 heterocycles. The third-order valence-corrected chi connectivity index (χ3v) is 5.45. The van der Waals surface area contributed by atoms with Crippen LogP contribution in [0.15, 0.2) is 47.0 Å². The van der Waals surface area contributed by atoms with Gasteiger partial charge in [0.1, 0.15) is 11.5 Å². The minimum Gasteiger partial charge on any atom is -0.497 e. The van der Waals surface area contributed by atoms with E-state index < -0.39 is 0 Å². The summed E-state index contributed by atoms with van der Waals surface area (Å²) in [4.78, 5) is 19.5. The van der Waals surface area contributed by atoms with E-state index >= 15 is 0 Å². The van der Waals surface area contributed by atoms with Crippen LogP contribution in [0.2, 0.25) is 5.02 Å². The summed E-state index contributed by atoms with van der Waals surface area (Å²) >= 11 is 5.94. The lowest BCUT2D eigenvalue weighted by atomic mass is 9.97. The van der Waals surface area contributed by atoms with E-state index in [-0.39, 0.29) is 11.8 Å². The fourth-order valence-electron chi connectivity index (χ4n) is 3.59. The fraction of sp³-hybridized carbons (Fsp3) is 0.318. The summed E-state index contributed by atoms with van der Waals surface area (Å²) in [5.74, 6) is 2.13. The van der Waals surface area contributed by atoms with Crippen molar-refractivity contribution in [2.24, 2.45) is 0 Å². The third kappa shape index (κ3) is 4.26. The molecule has 0 radical (unpaired) electrons. The smallest absolute Gasteiger partial charge is 0.254 e. The molecule has 2 aromatic carbocycles. The highest BCUT2D eigenvalue weighted by molar-refractivity contribution is 6.30. The minimum absolute atomic E-state index is 0.0104. The molecule has 3 aromatic rings. The van der Waals surface area contributed by atoms with Gasteiger partial charge in [0.2, 0.25) is 11.7 Å². The second kappa shape index (κ2) is 8.75. The number of hydrogen-bond acceptors (Lipinski definition) is 6.